The van der Waals surface area contributed by atoms with Crippen LogP contribution in [-0.2, 0) is 9.59 Å². The van der Waals surface area contributed by atoms with Crippen LogP contribution >= 0.6 is 0 Å². The molecule has 0 bridgehead atoms. The summed E-state index contributed by atoms with van der Waals surface area (Å²) in [6.45, 7) is 1.53. The zero-order chi connectivity index (χ0) is 18.9. The number of primary amides is 1. The van der Waals surface area contributed by atoms with E-state index in [0.717, 1.165) is 12.8 Å². The van der Waals surface area contributed by atoms with Gasteiger partial charge in [-0.05, 0) is 25.0 Å². The van der Waals surface area contributed by atoms with Gasteiger partial charge in [-0.1, -0.05) is 6.07 Å². The Hall–Kier alpha value is -2.81. The van der Waals surface area contributed by atoms with Gasteiger partial charge >= 0.3 is 6.03 Å². The fraction of sp³-hybridized carbons (Fsp3) is 0.471. The molecule has 26 heavy (non-hydrogen) atoms. The minimum Gasteiger partial charge on any atom is -0.484 e. The molecule has 6 N–H and O–H groups in total. The van der Waals surface area contributed by atoms with E-state index in [2.05, 4.69) is 10.6 Å². The molecule has 1 fully saturated rings. The highest BCUT2D eigenvalue weighted by molar-refractivity contribution is 5.90. The van der Waals surface area contributed by atoms with Crippen molar-refractivity contribution in [3.05, 3.63) is 24.3 Å². The number of ether oxygens (including phenoxy) is 1. The maximum Gasteiger partial charge on any atom is 0.321 e. The highest BCUT2D eigenvalue weighted by atomic mass is 16.5. The Morgan fingerprint density at radius 1 is 1.31 bits per heavy atom. The number of likely N-dealkylation sites (tertiary alicyclic amines) is 1. The molecule has 0 spiro atoms. The van der Waals surface area contributed by atoms with Crippen LogP contribution in [0.1, 0.15) is 12.8 Å². The summed E-state index contributed by atoms with van der Waals surface area (Å²) in [5.41, 5.74) is 11.0. The van der Waals surface area contributed by atoms with Crippen LogP contribution in [0.5, 0.6) is 5.75 Å². The van der Waals surface area contributed by atoms with Crippen LogP contribution in [0, 0.1) is 5.92 Å². The summed E-state index contributed by atoms with van der Waals surface area (Å²) in [4.78, 5) is 36.9. The number of carbonyl (C=O) groups is 3. The predicted octanol–water partition coefficient (Wildman–Crippen LogP) is -0.130. The van der Waals surface area contributed by atoms with Gasteiger partial charge in [0.1, 0.15) is 5.75 Å². The van der Waals surface area contributed by atoms with Gasteiger partial charge in [0.25, 0.3) is 5.91 Å². The molecule has 142 valence electrons. The van der Waals surface area contributed by atoms with Crippen molar-refractivity contribution in [3.63, 3.8) is 0 Å². The van der Waals surface area contributed by atoms with Gasteiger partial charge in [-0.2, -0.15) is 0 Å². The van der Waals surface area contributed by atoms with Crippen LogP contribution in [0.25, 0.3) is 0 Å². The minimum absolute atomic E-state index is 0.0743. The average molecular weight is 363 g/mol. The second-order valence-corrected chi connectivity index (χ2v) is 6.08. The van der Waals surface area contributed by atoms with Gasteiger partial charge in [0.05, 0.1) is 5.92 Å². The first-order valence-corrected chi connectivity index (χ1v) is 8.54. The topological polar surface area (TPSA) is 140 Å². The number of benzene rings is 1. The van der Waals surface area contributed by atoms with Gasteiger partial charge in [0, 0.05) is 37.9 Å². The largest absolute Gasteiger partial charge is 0.484 e. The molecule has 1 heterocycles. The smallest absolute Gasteiger partial charge is 0.321 e. The van der Waals surface area contributed by atoms with Crippen LogP contribution in [0.4, 0.5) is 10.5 Å². The average Bonchev–Trinajstić information content (AvgIpc) is 2.64. The Bertz CT molecular complexity index is 652. The maximum atomic E-state index is 12.5. The van der Waals surface area contributed by atoms with Gasteiger partial charge in [0.2, 0.25) is 5.91 Å². The first-order chi connectivity index (χ1) is 12.5. The summed E-state index contributed by atoms with van der Waals surface area (Å²) in [6.07, 6.45) is 1.51. The van der Waals surface area contributed by atoms with Gasteiger partial charge < -0.3 is 31.7 Å². The van der Waals surface area contributed by atoms with Gasteiger partial charge in [-0.25, -0.2) is 4.79 Å². The zero-order valence-electron chi connectivity index (χ0n) is 14.6. The Kier molecular flexibility index (Phi) is 7.22. The van der Waals surface area contributed by atoms with E-state index in [1.807, 2.05) is 0 Å². The highest BCUT2D eigenvalue weighted by Crippen LogP contribution is 2.20. The number of amides is 4. The van der Waals surface area contributed by atoms with Crippen molar-refractivity contribution in [2.75, 3.05) is 38.1 Å². The van der Waals surface area contributed by atoms with Crippen LogP contribution < -0.4 is 26.8 Å². The first kappa shape index (κ1) is 19.5. The maximum absolute atomic E-state index is 12.5. The molecule has 1 unspecified atom stereocenters. The normalized spacial score (nSPS) is 16.7. The number of hydrogen-bond donors (Lipinski definition) is 4. The van der Waals surface area contributed by atoms with E-state index >= 15 is 0 Å². The van der Waals surface area contributed by atoms with Crippen molar-refractivity contribution in [2.24, 2.45) is 17.4 Å². The lowest BCUT2D eigenvalue weighted by Crippen LogP contribution is -2.47. The lowest BCUT2D eigenvalue weighted by atomic mass is 9.97. The number of carbonyl (C=O) groups excluding carboxylic acids is 3. The highest BCUT2D eigenvalue weighted by Gasteiger charge is 2.28. The fourth-order valence-corrected chi connectivity index (χ4v) is 2.74. The molecule has 9 nitrogen and oxygen atoms in total. The van der Waals surface area contributed by atoms with E-state index in [4.69, 9.17) is 16.2 Å². The standard InChI is InChI=1S/C17H25N5O4/c18-6-7-20-16(24)12-3-2-8-22(10-12)17(25)21-13-4-1-5-14(9-13)26-11-15(19)23/h1,4-5,9,12H,2-3,6-8,10-11,18H2,(H2,19,23)(H,20,24)(H,21,25). The van der Waals surface area contributed by atoms with Gasteiger partial charge in [0.15, 0.2) is 6.61 Å². The molecule has 1 aliphatic heterocycles. The second kappa shape index (κ2) is 9.62. The number of nitrogens with zero attached hydrogens (tertiary/aromatic N) is 1. The molecule has 1 aromatic rings. The van der Waals surface area contributed by atoms with Crippen LogP contribution in [0.15, 0.2) is 24.3 Å². The predicted molar refractivity (Wildman–Crippen MR) is 96.5 cm³/mol. The molecular weight excluding hydrogens is 338 g/mol. The third-order valence-electron chi connectivity index (χ3n) is 3.99. The zero-order valence-corrected chi connectivity index (χ0v) is 14.6. The molecule has 0 radical (unpaired) electrons. The monoisotopic (exact) mass is 363 g/mol. The number of nitrogens with one attached hydrogen (secondary N) is 2. The molecular formula is C17H25N5O4. The molecule has 1 aliphatic rings. The molecule has 0 saturated carbocycles. The number of rotatable bonds is 7. The summed E-state index contributed by atoms with van der Waals surface area (Å²) in [5.74, 6) is -0.452. The third kappa shape index (κ3) is 5.92. The summed E-state index contributed by atoms with van der Waals surface area (Å²) in [5, 5.41) is 5.55. The van der Waals surface area contributed by atoms with Crippen molar-refractivity contribution in [1.82, 2.24) is 10.2 Å². The molecule has 1 atom stereocenters. The van der Waals surface area contributed by atoms with Crippen LogP contribution in [0.2, 0.25) is 0 Å². The van der Waals surface area contributed by atoms with E-state index in [1.54, 1.807) is 29.2 Å². The van der Waals surface area contributed by atoms with Crippen molar-refractivity contribution in [2.45, 2.75) is 12.8 Å². The molecule has 1 aromatic carbocycles. The summed E-state index contributed by atoms with van der Waals surface area (Å²) in [7, 11) is 0. The number of urea groups is 1. The Labute approximate surface area is 152 Å². The van der Waals surface area contributed by atoms with E-state index in [9.17, 15) is 14.4 Å². The third-order valence-corrected chi connectivity index (χ3v) is 3.99. The SMILES string of the molecule is NCCNC(=O)C1CCCN(C(=O)Nc2cccc(OCC(N)=O)c2)C1. The lowest BCUT2D eigenvalue weighted by molar-refractivity contribution is -0.126. The summed E-state index contributed by atoms with van der Waals surface area (Å²) in [6, 6.07) is 6.40. The van der Waals surface area contributed by atoms with Gasteiger partial charge in [-0.15, -0.1) is 0 Å². The van der Waals surface area contributed by atoms with Crippen LogP contribution in [0.3, 0.4) is 0 Å². The summed E-state index contributed by atoms with van der Waals surface area (Å²) < 4.78 is 5.22. The van der Waals surface area contributed by atoms with E-state index in [0.29, 0.717) is 37.6 Å². The van der Waals surface area contributed by atoms with Crippen molar-refractivity contribution < 1.29 is 19.1 Å². The number of hydrogen-bond acceptors (Lipinski definition) is 5. The Morgan fingerprint density at radius 3 is 2.85 bits per heavy atom. The second-order valence-electron chi connectivity index (χ2n) is 6.08. The summed E-state index contributed by atoms with van der Waals surface area (Å²) >= 11 is 0. The van der Waals surface area contributed by atoms with Crippen molar-refractivity contribution in [1.29, 1.82) is 0 Å². The molecule has 2 rings (SSSR count). The fourth-order valence-electron chi connectivity index (χ4n) is 2.74. The quantitative estimate of drug-likeness (QED) is 0.534. The molecule has 0 aliphatic carbocycles. The molecule has 1 saturated heterocycles. The number of piperidine rings is 1. The van der Waals surface area contributed by atoms with Gasteiger partial charge in [-0.3, -0.25) is 9.59 Å². The number of nitrogens with two attached hydrogens (primary N) is 2. The first-order valence-electron chi connectivity index (χ1n) is 8.54. The van der Waals surface area contributed by atoms with Crippen molar-refractivity contribution in [3.8, 4) is 5.75 Å². The van der Waals surface area contributed by atoms with E-state index in [-0.39, 0.29) is 24.5 Å². The lowest BCUT2D eigenvalue weighted by Gasteiger charge is -2.32. The Morgan fingerprint density at radius 2 is 2.12 bits per heavy atom. The van der Waals surface area contributed by atoms with E-state index < -0.39 is 5.91 Å². The molecule has 4 amide bonds. The van der Waals surface area contributed by atoms with Crippen LogP contribution in [-0.4, -0.2) is 55.5 Å². The Balaban J connectivity index is 1.91. The number of anilines is 1. The van der Waals surface area contributed by atoms with Crippen molar-refractivity contribution >= 4 is 23.5 Å². The molecule has 9 heteroatoms. The van der Waals surface area contributed by atoms with E-state index in [1.165, 1.54) is 0 Å². The minimum atomic E-state index is -0.577. The molecule has 0 aromatic heterocycles.